The molecule has 0 fully saturated rings. The molecule has 22 heavy (non-hydrogen) atoms. The van der Waals surface area contributed by atoms with Gasteiger partial charge in [-0.15, -0.1) is 0 Å². The molecule has 0 unspecified atom stereocenters. The van der Waals surface area contributed by atoms with Crippen LogP contribution in [0, 0.1) is 0 Å². The molecule has 1 aromatic carbocycles. The number of nitrogens with zero attached hydrogens (tertiary/aromatic N) is 1. The van der Waals surface area contributed by atoms with Gasteiger partial charge in [0.2, 0.25) is 0 Å². The third kappa shape index (κ3) is 4.54. The maximum absolute atomic E-state index is 11.7. The molecule has 0 aliphatic rings. The molecule has 114 valence electrons. The highest BCUT2D eigenvalue weighted by Crippen LogP contribution is 2.12. The predicted octanol–water partition coefficient (Wildman–Crippen LogP) is 1.52. The van der Waals surface area contributed by atoms with Crippen molar-refractivity contribution in [3.8, 4) is 0 Å². The molecule has 0 spiro atoms. The van der Waals surface area contributed by atoms with Gasteiger partial charge < -0.3 is 15.7 Å². The Morgan fingerprint density at radius 2 is 1.91 bits per heavy atom. The number of aliphatic hydroxyl groups is 1. The van der Waals surface area contributed by atoms with Crippen molar-refractivity contribution in [2.75, 3.05) is 11.9 Å². The summed E-state index contributed by atoms with van der Waals surface area (Å²) in [6, 6.07) is 11.8. The molecule has 1 atom stereocenters. The lowest BCUT2D eigenvalue weighted by molar-refractivity contribution is -0.136. The average molecular weight is 320 g/mol. The molecule has 0 bridgehead atoms. The number of hydrogen-bond donors (Lipinski definition) is 3. The highest BCUT2D eigenvalue weighted by molar-refractivity contribution is 6.39. The van der Waals surface area contributed by atoms with Gasteiger partial charge in [-0.05, 0) is 17.7 Å². The van der Waals surface area contributed by atoms with Crippen molar-refractivity contribution in [2.24, 2.45) is 0 Å². The third-order valence-corrected chi connectivity index (χ3v) is 3.04. The third-order valence-electron chi connectivity index (χ3n) is 2.83. The number of nitrogens with one attached hydrogen (secondary N) is 2. The molecule has 1 aromatic heterocycles. The quantitative estimate of drug-likeness (QED) is 0.588. The van der Waals surface area contributed by atoms with Crippen LogP contribution in [0.2, 0.25) is 5.15 Å². The summed E-state index contributed by atoms with van der Waals surface area (Å²) >= 11 is 5.68. The summed E-state index contributed by atoms with van der Waals surface area (Å²) < 4.78 is 0. The van der Waals surface area contributed by atoms with Crippen molar-refractivity contribution < 1.29 is 14.7 Å². The Kier molecular flexibility index (Phi) is 5.46. The largest absolute Gasteiger partial charge is 0.387 e. The van der Waals surface area contributed by atoms with Crippen LogP contribution >= 0.6 is 11.6 Å². The molecule has 7 heteroatoms. The summed E-state index contributed by atoms with van der Waals surface area (Å²) in [5.74, 6) is -1.69. The van der Waals surface area contributed by atoms with Crippen LogP contribution in [-0.4, -0.2) is 28.4 Å². The maximum Gasteiger partial charge on any atom is 0.313 e. The molecule has 1 heterocycles. The zero-order valence-electron chi connectivity index (χ0n) is 11.5. The average Bonchev–Trinajstić information content (AvgIpc) is 2.53. The minimum absolute atomic E-state index is 0.0621. The van der Waals surface area contributed by atoms with Gasteiger partial charge in [-0.3, -0.25) is 9.59 Å². The van der Waals surface area contributed by atoms with Crippen molar-refractivity contribution in [3.63, 3.8) is 0 Å². The molecule has 0 saturated carbocycles. The number of halogens is 1. The first-order valence-electron chi connectivity index (χ1n) is 6.50. The predicted molar refractivity (Wildman–Crippen MR) is 82.3 cm³/mol. The zero-order valence-corrected chi connectivity index (χ0v) is 12.2. The SMILES string of the molecule is O=C(NC[C@H](O)c1ccccc1)C(=O)Nc1ccnc(Cl)c1. The number of aliphatic hydroxyl groups excluding tert-OH is 1. The highest BCUT2D eigenvalue weighted by Gasteiger charge is 2.16. The van der Waals surface area contributed by atoms with E-state index in [-0.39, 0.29) is 11.7 Å². The monoisotopic (exact) mass is 319 g/mol. The summed E-state index contributed by atoms with van der Waals surface area (Å²) in [4.78, 5) is 27.2. The van der Waals surface area contributed by atoms with Crippen molar-refractivity contribution in [1.29, 1.82) is 0 Å². The topological polar surface area (TPSA) is 91.3 Å². The molecule has 6 nitrogen and oxygen atoms in total. The standard InChI is InChI=1S/C15H14ClN3O3/c16-13-8-11(6-7-17-13)19-15(22)14(21)18-9-12(20)10-4-2-1-3-5-10/h1-8,12,20H,9H2,(H,18,21)(H,17,19,22)/t12-/m0/s1. The molecule has 3 N–H and O–H groups in total. The molecule has 0 saturated heterocycles. The number of anilines is 1. The van der Waals surface area contributed by atoms with Crippen LogP contribution in [-0.2, 0) is 9.59 Å². The van der Waals surface area contributed by atoms with Crippen LogP contribution in [0.4, 0.5) is 5.69 Å². The fourth-order valence-electron chi connectivity index (χ4n) is 1.73. The second kappa shape index (κ2) is 7.53. The smallest absolute Gasteiger partial charge is 0.313 e. The van der Waals surface area contributed by atoms with Crippen LogP contribution in [0.3, 0.4) is 0 Å². The number of rotatable bonds is 4. The van der Waals surface area contributed by atoms with Crippen molar-refractivity contribution in [3.05, 3.63) is 59.4 Å². The lowest BCUT2D eigenvalue weighted by Crippen LogP contribution is -2.37. The molecule has 0 aliphatic carbocycles. The van der Waals surface area contributed by atoms with Crippen LogP contribution in [0.25, 0.3) is 0 Å². The minimum atomic E-state index is -0.881. The van der Waals surface area contributed by atoms with E-state index in [1.807, 2.05) is 6.07 Å². The van der Waals surface area contributed by atoms with Gasteiger partial charge in [0.25, 0.3) is 0 Å². The van der Waals surface area contributed by atoms with E-state index in [0.717, 1.165) is 0 Å². The number of benzene rings is 1. The summed E-state index contributed by atoms with van der Waals surface area (Å²) in [5, 5.41) is 14.9. The van der Waals surface area contributed by atoms with Gasteiger partial charge in [-0.25, -0.2) is 4.98 Å². The van der Waals surface area contributed by atoms with Crippen molar-refractivity contribution in [2.45, 2.75) is 6.10 Å². The van der Waals surface area contributed by atoms with Gasteiger partial charge in [-0.2, -0.15) is 0 Å². The number of carbonyl (C=O) groups excluding carboxylic acids is 2. The summed E-state index contributed by atoms with van der Waals surface area (Å²) in [6.07, 6.45) is 0.531. The molecule has 0 aliphatic heterocycles. The van der Waals surface area contributed by atoms with E-state index < -0.39 is 17.9 Å². The Hall–Kier alpha value is -2.44. The van der Waals surface area contributed by atoms with E-state index in [1.165, 1.54) is 18.3 Å². The van der Waals surface area contributed by atoms with E-state index in [2.05, 4.69) is 15.6 Å². The lowest BCUT2D eigenvalue weighted by atomic mass is 10.1. The number of aromatic nitrogens is 1. The first-order chi connectivity index (χ1) is 10.6. The molecule has 2 rings (SSSR count). The first kappa shape index (κ1) is 15.9. The maximum atomic E-state index is 11.7. The van der Waals surface area contributed by atoms with E-state index in [9.17, 15) is 14.7 Å². The van der Waals surface area contributed by atoms with E-state index >= 15 is 0 Å². The van der Waals surface area contributed by atoms with E-state index in [1.54, 1.807) is 24.3 Å². The molecular weight excluding hydrogens is 306 g/mol. The van der Waals surface area contributed by atoms with E-state index in [0.29, 0.717) is 11.3 Å². The highest BCUT2D eigenvalue weighted by atomic mass is 35.5. The number of pyridine rings is 1. The molecule has 0 radical (unpaired) electrons. The zero-order chi connectivity index (χ0) is 15.9. The Morgan fingerprint density at radius 3 is 2.59 bits per heavy atom. The summed E-state index contributed by atoms with van der Waals surface area (Å²) in [5.41, 5.74) is 1.02. The van der Waals surface area contributed by atoms with Gasteiger partial charge >= 0.3 is 11.8 Å². The van der Waals surface area contributed by atoms with E-state index in [4.69, 9.17) is 11.6 Å². The van der Waals surface area contributed by atoms with Gasteiger partial charge in [0, 0.05) is 18.4 Å². The van der Waals surface area contributed by atoms with Crippen LogP contribution in [0.15, 0.2) is 48.7 Å². The normalized spacial score (nSPS) is 11.5. The fourth-order valence-corrected chi connectivity index (χ4v) is 1.90. The Labute approximate surface area is 132 Å². The molecular formula is C15H14ClN3O3. The second-order valence-electron chi connectivity index (χ2n) is 4.46. The number of hydrogen-bond acceptors (Lipinski definition) is 4. The van der Waals surface area contributed by atoms with Gasteiger partial charge in [0.1, 0.15) is 5.15 Å². The van der Waals surface area contributed by atoms with Crippen LogP contribution in [0.1, 0.15) is 11.7 Å². The number of carbonyl (C=O) groups is 2. The summed E-state index contributed by atoms with van der Waals surface area (Å²) in [6.45, 7) is -0.0621. The second-order valence-corrected chi connectivity index (χ2v) is 4.85. The summed E-state index contributed by atoms with van der Waals surface area (Å²) in [7, 11) is 0. The Morgan fingerprint density at radius 1 is 1.18 bits per heavy atom. The Bertz CT molecular complexity index is 664. The minimum Gasteiger partial charge on any atom is -0.387 e. The van der Waals surface area contributed by atoms with Gasteiger partial charge in [0.05, 0.1) is 6.10 Å². The fraction of sp³-hybridized carbons (Fsp3) is 0.133. The lowest BCUT2D eigenvalue weighted by Gasteiger charge is -2.12. The molecule has 2 amide bonds. The first-order valence-corrected chi connectivity index (χ1v) is 6.88. The van der Waals surface area contributed by atoms with Crippen molar-refractivity contribution in [1.82, 2.24) is 10.3 Å². The van der Waals surface area contributed by atoms with Crippen LogP contribution < -0.4 is 10.6 Å². The Balaban J connectivity index is 1.85. The van der Waals surface area contributed by atoms with Crippen molar-refractivity contribution >= 4 is 29.1 Å². The number of amides is 2. The van der Waals surface area contributed by atoms with Gasteiger partial charge in [0.15, 0.2) is 0 Å². The molecule has 2 aromatic rings. The van der Waals surface area contributed by atoms with Crippen LogP contribution in [0.5, 0.6) is 0 Å². The van der Waals surface area contributed by atoms with Gasteiger partial charge in [-0.1, -0.05) is 41.9 Å².